The molecule has 0 atom stereocenters. The second-order valence-electron chi connectivity index (χ2n) is 4.02. The van der Waals surface area contributed by atoms with Crippen LogP contribution in [0.2, 0.25) is 0 Å². The highest BCUT2D eigenvalue weighted by Gasteiger charge is 2.28. The zero-order valence-corrected chi connectivity index (χ0v) is 11.4. The number of aliphatic carboxylic acids is 1. The van der Waals surface area contributed by atoms with Gasteiger partial charge < -0.3 is 9.84 Å². The first-order valence-electron chi connectivity index (χ1n) is 5.55. The van der Waals surface area contributed by atoms with Crippen molar-refractivity contribution in [1.82, 2.24) is 4.72 Å². The summed E-state index contributed by atoms with van der Waals surface area (Å²) in [5, 5.41) is 8.38. The van der Waals surface area contributed by atoms with Crippen LogP contribution in [0, 0.1) is 0 Å². The number of ether oxygens (including phenoxy) is 1. The average molecular weight is 327 g/mol. The van der Waals surface area contributed by atoms with E-state index in [4.69, 9.17) is 5.11 Å². The number of rotatable bonds is 7. The van der Waals surface area contributed by atoms with Crippen LogP contribution in [-0.2, 0) is 21.4 Å². The number of hydrogen-bond acceptors (Lipinski definition) is 4. The van der Waals surface area contributed by atoms with E-state index < -0.39 is 34.5 Å². The Morgan fingerprint density at radius 1 is 1.24 bits per heavy atom. The summed E-state index contributed by atoms with van der Waals surface area (Å²) in [6.07, 6.45) is -4.44. The minimum atomic E-state index is -4.44. The van der Waals surface area contributed by atoms with Crippen molar-refractivity contribution in [3.8, 4) is 5.75 Å². The summed E-state index contributed by atoms with van der Waals surface area (Å²) < 4.78 is 64.8. The lowest BCUT2D eigenvalue weighted by atomic mass is 10.2. The average Bonchev–Trinajstić information content (AvgIpc) is 2.33. The normalized spacial score (nSPS) is 12.1. The van der Waals surface area contributed by atoms with Crippen molar-refractivity contribution in [3.05, 3.63) is 29.8 Å². The highest BCUT2D eigenvalue weighted by molar-refractivity contribution is 7.90. The molecule has 2 N–H and O–H groups in total. The van der Waals surface area contributed by atoms with Crippen LogP contribution in [0.15, 0.2) is 24.3 Å². The van der Waals surface area contributed by atoms with Crippen molar-refractivity contribution in [2.45, 2.75) is 12.7 Å². The van der Waals surface area contributed by atoms with Gasteiger partial charge >= 0.3 is 12.1 Å². The fourth-order valence-corrected chi connectivity index (χ4v) is 2.09. The number of hydrogen-bond donors (Lipinski definition) is 2. The molecule has 0 saturated heterocycles. The lowest BCUT2D eigenvalue weighted by Crippen LogP contribution is -2.29. The molecule has 1 aromatic carbocycles. The van der Waals surface area contributed by atoms with Gasteiger partial charge in [-0.25, -0.2) is 13.1 Å². The van der Waals surface area contributed by atoms with E-state index in [0.717, 1.165) is 0 Å². The van der Waals surface area contributed by atoms with Gasteiger partial charge in [-0.15, -0.1) is 0 Å². The van der Waals surface area contributed by atoms with Crippen molar-refractivity contribution in [2.24, 2.45) is 0 Å². The smallest absolute Gasteiger partial charge is 0.422 e. The number of carboxylic acids is 1. The summed E-state index contributed by atoms with van der Waals surface area (Å²) in [4.78, 5) is 10.3. The summed E-state index contributed by atoms with van der Waals surface area (Å²) >= 11 is 0. The Bertz CT molecular complexity index is 583. The third-order valence-corrected chi connectivity index (χ3v) is 3.35. The molecule has 1 rings (SSSR count). The third-order valence-electron chi connectivity index (χ3n) is 2.14. The Morgan fingerprint density at radius 3 is 2.29 bits per heavy atom. The van der Waals surface area contributed by atoms with Gasteiger partial charge in [0.2, 0.25) is 10.0 Å². The Hall–Kier alpha value is -1.81. The molecule has 10 heteroatoms. The van der Waals surface area contributed by atoms with Gasteiger partial charge in [-0.2, -0.15) is 13.2 Å². The Morgan fingerprint density at radius 2 is 1.81 bits per heavy atom. The first-order chi connectivity index (χ1) is 9.57. The van der Waals surface area contributed by atoms with Crippen LogP contribution in [0.25, 0.3) is 0 Å². The molecule has 0 aliphatic heterocycles. The monoisotopic (exact) mass is 327 g/mol. The summed E-state index contributed by atoms with van der Waals surface area (Å²) in [6, 6.07) is 5.25. The highest BCUT2D eigenvalue weighted by atomic mass is 32.2. The molecule has 0 unspecified atom stereocenters. The molecular weight excluding hydrogens is 315 g/mol. The molecular formula is C11H12F3NO5S. The Labute approximate surface area is 118 Å². The van der Waals surface area contributed by atoms with Crippen LogP contribution in [0.1, 0.15) is 5.56 Å². The molecule has 6 nitrogen and oxygen atoms in total. The fraction of sp³-hybridized carbons (Fsp3) is 0.364. The summed E-state index contributed by atoms with van der Waals surface area (Å²) in [5.74, 6) is -2.55. The van der Waals surface area contributed by atoms with E-state index >= 15 is 0 Å². The van der Waals surface area contributed by atoms with Gasteiger partial charge in [0.15, 0.2) is 12.4 Å². The van der Waals surface area contributed by atoms with Crippen molar-refractivity contribution in [1.29, 1.82) is 0 Å². The highest BCUT2D eigenvalue weighted by Crippen LogP contribution is 2.18. The van der Waals surface area contributed by atoms with E-state index in [2.05, 4.69) is 9.46 Å². The van der Waals surface area contributed by atoms with Gasteiger partial charge in [-0.05, 0) is 17.7 Å². The van der Waals surface area contributed by atoms with E-state index in [-0.39, 0.29) is 12.3 Å². The molecule has 118 valence electrons. The number of carbonyl (C=O) groups is 1. The predicted octanol–water partition coefficient (Wildman–Crippen LogP) is 1.13. The van der Waals surface area contributed by atoms with Gasteiger partial charge in [0, 0.05) is 6.54 Å². The van der Waals surface area contributed by atoms with Gasteiger partial charge in [-0.1, -0.05) is 12.1 Å². The first kappa shape index (κ1) is 17.2. The van der Waals surface area contributed by atoms with E-state index in [1.54, 1.807) is 0 Å². The van der Waals surface area contributed by atoms with Crippen molar-refractivity contribution in [2.75, 3.05) is 12.4 Å². The molecule has 0 aliphatic rings. The zero-order chi connectivity index (χ0) is 16.1. The lowest BCUT2D eigenvalue weighted by Gasteiger charge is -2.10. The molecule has 1 aromatic rings. The minimum Gasteiger partial charge on any atom is -0.484 e. The summed E-state index contributed by atoms with van der Waals surface area (Å²) in [6.45, 7) is -1.59. The molecule has 0 bridgehead atoms. The number of carboxylic acid groups (broad SMARTS) is 1. The van der Waals surface area contributed by atoms with Gasteiger partial charge in [0.25, 0.3) is 0 Å². The van der Waals surface area contributed by atoms with E-state index in [0.29, 0.717) is 5.56 Å². The number of benzene rings is 1. The predicted molar refractivity (Wildman–Crippen MR) is 66.3 cm³/mol. The Balaban J connectivity index is 2.53. The van der Waals surface area contributed by atoms with Crippen molar-refractivity contribution >= 4 is 16.0 Å². The fourth-order valence-electron chi connectivity index (χ4n) is 1.28. The van der Waals surface area contributed by atoms with E-state index in [1.807, 2.05) is 0 Å². The van der Waals surface area contributed by atoms with E-state index in [1.165, 1.54) is 24.3 Å². The second kappa shape index (κ2) is 6.76. The van der Waals surface area contributed by atoms with E-state index in [9.17, 15) is 26.4 Å². The maximum Gasteiger partial charge on any atom is 0.422 e. The summed E-state index contributed by atoms with van der Waals surface area (Å²) in [7, 11) is -3.95. The molecule has 0 saturated carbocycles. The second-order valence-corrected chi connectivity index (χ2v) is 5.83. The Kier molecular flexibility index (Phi) is 5.55. The van der Waals surface area contributed by atoms with Crippen LogP contribution < -0.4 is 9.46 Å². The van der Waals surface area contributed by atoms with Crippen LogP contribution >= 0.6 is 0 Å². The molecule has 0 radical (unpaired) electrons. The van der Waals surface area contributed by atoms with Gasteiger partial charge in [0.05, 0.1) is 0 Å². The number of alkyl halides is 3. The molecule has 0 heterocycles. The molecule has 21 heavy (non-hydrogen) atoms. The topological polar surface area (TPSA) is 92.7 Å². The molecule has 0 aromatic heterocycles. The first-order valence-corrected chi connectivity index (χ1v) is 7.20. The number of sulfonamides is 1. The quantitative estimate of drug-likeness (QED) is 0.783. The van der Waals surface area contributed by atoms with Gasteiger partial charge in [-0.3, -0.25) is 4.79 Å². The lowest BCUT2D eigenvalue weighted by molar-refractivity contribution is -0.153. The maximum absolute atomic E-state index is 11.9. The maximum atomic E-state index is 11.9. The van der Waals surface area contributed by atoms with Crippen LogP contribution in [0.3, 0.4) is 0 Å². The SMILES string of the molecule is O=C(O)CS(=O)(=O)NCc1ccc(OCC(F)(F)F)cc1. The van der Waals surface area contributed by atoms with Crippen molar-refractivity contribution < 1.29 is 36.2 Å². The molecule has 0 amide bonds. The van der Waals surface area contributed by atoms with Crippen LogP contribution in [0.4, 0.5) is 13.2 Å². The zero-order valence-electron chi connectivity index (χ0n) is 10.6. The molecule has 0 spiro atoms. The van der Waals surface area contributed by atoms with Crippen molar-refractivity contribution in [3.63, 3.8) is 0 Å². The molecule has 0 fully saturated rings. The largest absolute Gasteiger partial charge is 0.484 e. The minimum absolute atomic E-state index is 0.00975. The van der Waals surface area contributed by atoms with Gasteiger partial charge in [0.1, 0.15) is 5.75 Å². The molecule has 0 aliphatic carbocycles. The third kappa shape index (κ3) is 7.51. The van der Waals surface area contributed by atoms with Crippen LogP contribution in [0.5, 0.6) is 5.75 Å². The van der Waals surface area contributed by atoms with Crippen LogP contribution in [-0.4, -0.2) is 38.0 Å². The standard InChI is InChI=1S/C11H12F3NO5S/c12-11(13,14)7-20-9-3-1-8(2-4-9)5-15-21(18,19)6-10(16)17/h1-4,15H,5-7H2,(H,16,17). The summed E-state index contributed by atoms with van der Waals surface area (Å²) in [5.41, 5.74) is 0.448. The number of nitrogens with one attached hydrogen (secondary N) is 1. The number of halogens is 3.